The summed E-state index contributed by atoms with van der Waals surface area (Å²) in [5.74, 6) is -0.422. The number of rotatable bonds is 5. The van der Waals surface area contributed by atoms with Crippen LogP contribution in [-0.4, -0.2) is 8.42 Å². The van der Waals surface area contributed by atoms with E-state index in [4.69, 9.17) is 5.73 Å². The highest BCUT2D eigenvalue weighted by molar-refractivity contribution is 7.92. The molecule has 0 heterocycles. The Morgan fingerprint density at radius 1 is 0.885 bits per heavy atom. The Bertz CT molecular complexity index is 983. The fourth-order valence-corrected chi connectivity index (χ4v) is 4.00. The van der Waals surface area contributed by atoms with Crippen molar-refractivity contribution < 1.29 is 12.8 Å². The standard InChI is InChI=1S/C20H19FN2O2S/c1-15-2-4-16(5-3-15)14-23(19-10-6-17(21)7-11-19)26(24,25)20-12-8-18(22)9-13-20/h2-13H,14,22H2,1H3. The lowest BCUT2D eigenvalue weighted by atomic mass is 10.1. The molecule has 0 saturated carbocycles. The van der Waals surface area contributed by atoms with Crippen LogP contribution in [0.3, 0.4) is 0 Å². The number of sulfonamides is 1. The lowest BCUT2D eigenvalue weighted by molar-refractivity contribution is 0.590. The number of halogens is 1. The molecule has 4 nitrogen and oxygen atoms in total. The van der Waals surface area contributed by atoms with E-state index in [1.54, 1.807) is 12.1 Å². The van der Waals surface area contributed by atoms with Crippen molar-refractivity contribution in [2.45, 2.75) is 18.4 Å². The summed E-state index contributed by atoms with van der Waals surface area (Å²) in [5, 5.41) is 0. The van der Waals surface area contributed by atoms with Gasteiger partial charge in [0.1, 0.15) is 5.82 Å². The summed E-state index contributed by atoms with van der Waals surface area (Å²) < 4.78 is 41.0. The molecule has 26 heavy (non-hydrogen) atoms. The van der Waals surface area contributed by atoms with Gasteiger partial charge in [-0.3, -0.25) is 4.31 Å². The molecular weight excluding hydrogens is 351 g/mol. The van der Waals surface area contributed by atoms with E-state index in [1.807, 2.05) is 31.2 Å². The molecule has 0 aliphatic rings. The molecule has 2 N–H and O–H groups in total. The minimum Gasteiger partial charge on any atom is -0.399 e. The maximum Gasteiger partial charge on any atom is 0.264 e. The fourth-order valence-electron chi connectivity index (χ4n) is 2.55. The van der Waals surface area contributed by atoms with Crippen LogP contribution in [0.1, 0.15) is 11.1 Å². The van der Waals surface area contributed by atoms with Gasteiger partial charge in [-0.1, -0.05) is 29.8 Å². The van der Waals surface area contributed by atoms with Crippen molar-refractivity contribution >= 4 is 21.4 Å². The largest absolute Gasteiger partial charge is 0.399 e. The average molecular weight is 370 g/mol. The third-order valence-corrected chi connectivity index (χ3v) is 5.82. The first kappa shape index (κ1) is 17.9. The predicted octanol–water partition coefficient (Wildman–Crippen LogP) is 4.11. The predicted molar refractivity (Wildman–Crippen MR) is 102 cm³/mol. The smallest absolute Gasteiger partial charge is 0.264 e. The lowest BCUT2D eigenvalue weighted by Crippen LogP contribution is -2.30. The molecule has 0 fully saturated rings. The van der Waals surface area contributed by atoms with E-state index in [-0.39, 0.29) is 11.4 Å². The third kappa shape index (κ3) is 3.86. The highest BCUT2D eigenvalue weighted by atomic mass is 32.2. The molecule has 134 valence electrons. The van der Waals surface area contributed by atoms with Gasteiger partial charge in [-0.25, -0.2) is 12.8 Å². The van der Waals surface area contributed by atoms with E-state index in [0.29, 0.717) is 11.4 Å². The molecule has 0 aliphatic carbocycles. The van der Waals surface area contributed by atoms with Crippen LogP contribution in [0.2, 0.25) is 0 Å². The fraction of sp³-hybridized carbons (Fsp3) is 0.100. The monoisotopic (exact) mass is 370 g/mol. The average Bonchev–Trinajstić information content (AvgIpc) is 2.62. The van der Waals surface area contributed by atoms with Crippen LogP contribution >= 0.6 is 0 Å². The molecule has 0 aromatic heterocycles. The van der Waals surface area contributed by atoms with Gasteiger partial charge in [-0.05, 0) is 61.0 Å². The third-order valence-electron chi connectivity index (χ3n) is 4.03. The van der Waals surface area contributed by atoms with Gasteiger partial charge in [0.25, 0.3) is 10.0 Å². The van der Waals surface area contributed by atoms with Crippen LogP contribution in [0.5, 0.6) is 0 Å². The van der Waals surface area contributed by atoms with Crippen molar-refractivity contribution in [3.05, 3.63) is 89.7 Å². The number of hydrogen-bond donors (Lipinski definition) is 1. The van der Waals surface area contributed by atoms with Crippen LogP contribution in [0.25, 0.3) is 0 Å². The second-order valence-corrected chi connectivity index (χ2v) is 7.91. The number of hydrogen-bond acceptors (Lipinski definition) is 3. The second kappa shape index (κ2) is 7.17. The maximum atomic E-state index is 13.3. The first-order valence-electron chi connectivity index (χ1n) is 8.06. The molecular formula is C20H19FN2O2S. The quantitative estimate of drug-likeness (QED) is 0.688. The van der Waals surface area contributed by atoms with Crippen LogP contribution < -0.4 is 10.0 Å². The Balaban J connectivity index is 2.05. The van der Waals surface area contributed by atoms with Crippen molar-refractivity contribution in [1.82, 2.24) is 0 Å². The molecule has 6 heteroatoms. The Kier molecular flexibility index (Phi) is 4.95. The van der Waals surface area contributed by atoms with E-state index in [1.165, 1.54) is 40.7 Å². The summed E-state index contributed by atoms with van der Waals surface area (Å²) in [6, 6.07) is 19.0. The number of anilines is 2. The number of benzene rings is 3. The van der Waals surface area contributed by atoms with E-state index in [2.05, 4.69) is 0 Å². The van der Waals surface area contributed by atoms with Crippen LogP contribution in [0, 0.1) is 12.7 Å². The van der Waals surface area contributed by atoms with Gasteiger partial charge < -0.3 is 5.73 Å². The Hall–Kier alpha value is -2.86. The molecule has 0 amide bonds. The summed E-state index contributed by atoms with van der Waals surface area (Å²) in [5.41, 5.74) is 8.45. The summed E-state index contributed by atoms with van der Waals surface area (Å²) in [6.45, 7) is 2.10. The molecule has 0 spiro atoms. The minimum absolute atomic E-state index is 0.128. The van der Waals surface area contributed by atoms with E-state index in [9.17, 15) is 12.8 Å². The molecule has 3 aromatic carbocycles. The first-order chi connectivity index (χ1) is 12.4. The molecule has 0 aliphatic heterocycles. The van der Waals surface area contributed by atoms with E-state index in [0.717, 1.165) is 11.1 Å². The maximum absolute atomic E-state index is 13.3. The molecule has 0 atom stereocenters. The molecule has 3 rings (SSSR count). The summed E-state index contributed by atoms with van der Waals surface area (Å²) >= 11 is 0. The molecule has 0 unspecified atom stereocenters. The zero-order valence-corrected chi connectivity index (χ0v) is 15.1. The van der Waals surface area contributed by atoms with Crippen molar-refractivity contribution in [3.63, 3.8) is 0 Å². The molecule has 3 aromatic rings. The number of aryl methyl sites for hydroxylation is 1. The van der Waals surface area contributed by atoms with Gasteiger partial charge >= 0.3 is 0 Å². The topological polar surface area (TPSA) is 63.4 Å². The number of nitrogens with zero attached hydrogens (tertiary/aromatic N) is 1. The van der Waals surface area contributed by atoms with Gasteiger partial charge in [-0.15, -0.1) is 0 Å². The van der Waals surface area contributed by atoms with Gasteiger partial charge in [0, 0.05) is 5.69 Å². The van der Waals surface area contributed by atoms with Gasteiger partial charge in [0.05, 0.1) is 17.1 Å². The van der Waals surface area contributed by atoms with Gasteiger partial charge in [-0.2, -0.15) is 0 Å². The summed E-state index contributed by atoms with van der Waals surface area (Å²) in [4.78, 5) is 0.128. The molecule has 0 saturated heterocycles. The summed E-state index contributed by atoms with van der Waals surface area (Å²) in [6.07, 6.45) is 0. The Labute approximate surface area is 152 Å². The normalized spacial score (nSPS) is 11.3. The Morgan fingerprint density at radius 2 is 1.46 bits per heavy atom. The lowest BCUT2D eigenvalue weighted by Gasteiger charge is -2.25. The van der Waals surface area contributed by atoms with Gasteiger partial charge in [0.15, 0.2) is 0 Å². The van der Waals surface area contributed by atoms with Crippen molar-refractivity contribution in [3.8, 4) is 0 Å². The highest BCUT2D eigenvalue weighted by Gasteiger charge is 2.25. The zero-order chi connectivity index (χ0) is 18.7. The van der Waals surface area contributed by atoms with E-state index < -0.39 is 15.8 Å². The minimum atomic E-state index is -3.84. The second-order valence-electron chi connectivity index (χ2n) is 6.04. The van der Waals surface area contributed by atoms with Crippen molar-refractivity contribution in [2.24, 2.45) is 0 Å². The Morgan fingerprint density at radius 3 is 2.04 bits per heavy atom. The number of nitrogen functional groups attached to an aromatic ring is 1. The van der Waals surface area contributed by atoms with Crippen LogP contribution in [-0.2, 0) is 16.6 Å². The van der Waals surface area contributed by atoms with Crippen molar-refractivity contribution in [1.29, 1.82) is 0 Å². The zero-order valence-electron chi connectivity index (χ0n) is 14.3. The highest BCUT2D eigenvalue weighted by Crippen LogP contribution is 2.26. The van der Waals surface area contributed by atoms with Gasteiger partial charge in [0.2, 0.25) is 0 Å². The molecule has 0 bridgehead atoms. The van der Waals surface area contributed by atoms with Crippen LogP contribution in [0.4, 0.5) is 15.8 Å². The van der Waals surface area contributed by atoms with Crippen molar-refractivity contribution in [2.75, 3.05) is 10.0 Å². The number of nitrogens with two attached hydrogens (primary N) is 1. The first-order valence-corrected chi connectivity index (χ1v) is 9.50. The SMILES string of the molecule is Cc1ccc(CN(c2ccc(F)cc2)S(=O)(=O)c2ccc(N)cc2)cc1. The summed E-state index contributed by atoms with van der Waals surface area (Å²) in [7, 11) is -3.84. The molecule has 0 radical (unpaired) electrons. The van der Waals surface area contributed by atoms with Crippen LogP contribution in [0.15, 0.2) is 77.7 Å². The van der Waals surface area contributed by atoms with E-state index >= 15 is 0 Å².